The van der Waals surface area contributed by atoms with Crippen LogP contribution in [0, 0.1) is 0 Å². The molecule has 0 amide bonds. The summed E-state index contributed by atoms with van der Waals surface area (Å²) in [5, 5.41) is 0. The third-order valence-electron chi connectivity index (χ3n) is 6.76. The maximum Gasteiger partial charge on any atom is 0.308 e. The predicted octanol–water partition coefficient (Wildman–Crippen LogP) is 8.09. The van der Waals surface area contributed by atoms with Gasteiger partial charge in [0.05, 0.1) is 20.6 Å². The number of hydrogen-bond donors (Lipinski definition) is 0. The van der Waals surface area contributed by atoms with Crippen molar-refractivity contribution in [2.75, 3.05) is 27.4 Å². The minimum Gasteiger partial charge on any atom is -0.457 e. The van der Waals surface area contributed by atoms with Gasteiger partial charge in [-0.05, 0) is 43.4 Å². The summed E-state index contributed by atoms with van der Waals surface area (Å²) in [4.78, 5) is 12.1. The number of ether oxygens (including phenoxy) is 2. The molecule has 0 aliphatic rings. The number of nitrogens with zero attached hydrogens (tertiary/aromatic N) is 1. The van der Waals surface area contributed by atoms with Crippen molar-refractivity contribution in [3.63, 3.8) is 0 Å². The maximum absolute atomic E-state index is 12.1. The van der Waals surface area contributed by atoms with E-state index in [1.54, 1.807) is 0 Å². The molecule has 0 spiro atoms. The van der Waals surface area contributed by atoms with Crippen molar-refractivity contribution >= 4 is 5.97 Å². The zero-order chi connectivity index (χ0) is 25.9. The van der Waals surface area contributed by atoms with Crippen LogP contribution in [0.15, 0.2) is 54.6 Å². The van der Waals surface area contributed by atoms with E-state index >= 15 is 0 Å². The zero-order valence-corrected chi connectivity index (χ0v) is 23.2. The Balaban J connectivity index is 1.52. The molecule has 0 radical (unpaired) electrons. The molecule has 0 saturated heterocycles. The molecule has 0 aliphatic carbocycles. The molecule has 0 fully saturated rings. The van der Waals surface area contributed by atoms with E-state index in [0.29, 0.717) is 6.42 Å². The van der Waals surface area contributed by atoms with E-state index in [9.17, 15) is 4.79 Å². The average Bonchev–Trinajstić information content (AvgIpc) is 2.86. The highest BCUT2D eigenvalue weighted by molar-refractivity contribution is 5.69. The van der Waals surface area contributed by atoms with Gasteiger partial charge in [0, 0.05) is 12.0 Å². The van der Waals surface area contributed by atoms with E-state index in [2.05, 4.69) is 57.4 Å². The molecule has 4 nitrogen and oxygen atoms in total. The lowest BCUT2D eigenvalue weighted by Crippen LogP contribution is -2.39. The fraction of sp³-hybridized carbons (Fsp3) is 0.594. The first kappa shape index (κ1) is 29.9. The van der Waals surface area contributed by atoms with E-state index in [0.717, 1.165) is 42.6 Å². The molecule has 2 rings (SSSR count). The van der Waals surface area contributed by atoms with Gasteiger partial charge >= 0.3 is 5.97 Å². The van der Waals surface area contributed by atoms with Gasteiger partial charge < -0.3 is 14.0 Å². The molecule has 0 unspecified atom stereocenters. The molecule has 0 aromatic heterocycles. The Bertz CT molecular complexity index is 834. The first-order valence-electron chi connectivity index (χ1n) is 14.2. The number of rotatable bonds is 20. The molecule has 2 aromatic rings. The number of benzene rings is 2. The van der Waals surface area contributed by atoms with Gasteiger partial charge in [-0.25, -0.2) is 0 Å². The lowest BCUT2D eigenvalue weighted by Gasteiger charge is -2.30. The summed E-state index contributed by atoms with van der Waals surface area (Å²) in [5.74, 6) is 0.588. The highest BCUT2D eigenvalue weighted by Gasteiger charge is 2.15. The molecular formula is C32H50NO3+. The van der Waals surface area contributed by atoms with E-state index in [1.807, 2.05) is 18.2 Å². The maximum atomic E-state index is 12.1. The van der Waals surface area contributed by atoms with Crippen molar-refractivity contribution in [2.24, 2.45) is 0 Å². The number of carbonyl (C=O) groups is 1. The number of hydrogen-bond acceptors (Lipinski definition) is 3. The third-order valence-corrected chi connectivity index (χ3v) is 6.76. The molecule has 0 atom stereocenters. The molecule has 4 heteroatoms. The number of carbonyl (C=O) groups excluding carboxylic acids is 1. The van der Waals surface area contributed by atoms with E-state index in [1.165, 1.54) is 68.9 Å². The van der Waals surface area contributed by atoms with Crippen LogP contribution in [0.1, 0.15) is 95.1 Å². The lowest BCUT2D eigenvalue weighted by atomic mass is 10.0. The second-order valence-corrected chi connectivity index (χ2v) is 10.8. The molecule has 0 N–H and O–H groups in total. The Morgan fingerprint density at radius 2 is 1.42 bits per heavy atom. The fourth-order valence-electron chi connectivity index (χ4n) is 4.63. The highest BCUT2D eigenvalue weighted by atomic mass is 16.7. The third kappa shape index (κ3) is 14.3. The highest BCUT2D eigenvalue weighted by Crippen LogP contribution is 2.17. The Morgan fingerprint density at radius 3 is 2.14 bits per heavy atom. The largest absolute Gasteiger partial charge is 0.457 e. The summed E-state index contributed by atoms with van der Waals surface area (Å²) >= 11 is 0. The Morgan fingerprint density at radius 1 is 0.750 bits per heavy atom. The van der Waals surface area contributed by atoms with Gasteiger partial charge in [0.25, 0.3) is 0 Å². The molecule has 36 heavy (non-hydrogen) atoms. The van der Waals surface area contributed by atoms with Crippen LogP contribution in [0.3, 0.4) is 0 Å². The van der Waals surface area contributed by atoms with Crippen LogP contribution in [0.5, 0.6) is 5.75 Å². The summed E-state index contributed by atoms with van der Waals surface area (Å²) in [6, 6.07) is 18.7. The first-order valence-corrected chi connectivity index (χ1v) is 14.2. The summed E-state index contributed by atoms with van der Waals surface area (Å²) in [6.45, 7) is 4.28. The van der Waals surface area contributed by atoms with Gasteiger partial charge in [-0.2, -0.15) is 0 Å². The topological polar surface area (TPSA) is 35.5 Å². The van der Waals surface area contributed by atoms with Crippen LogP contribution >= 0.6 is 0 Å². The molecule has 200 valence electrons. The van der Waals surface area contributed by atoms with E-state index < -0.39 is 0 Å². The van der Waals surface area contributed by atoms with Crippen molar-refractivity contribution < 1.29 is 18.8 Å². The molecule has 0 bridgehead atoms. The van der Waals surface area contributed by atoms with Crippen molar-refractivity contribution in [3.05, 3.63) is 65.7 Å². The van der Waals surface area contributed by atoms with Crippen LogP contribution in [-0.2, 0) is 22.5 Å². The number of quaternary nitrogens is 1. The zero-order valence-electron chi connectivity index (χ0n) is 23.2. The standard InChI is InChI=1S/C32H50NO3/c1-4-5-6-7-8-9-10-11-13-19-29-22-18-23-31(26-29)35-28-36-32(34)24-16-17-25-33(2,3)27-30-20-14-12-15-21-30/h12,14-15,18,20-23,26H,4-11,13,16-17,19,24-25,27-28H2,1-3H3/q+1. The summed E-state index contributed by atoms with van der Waals surface area (Å²) < 4.78 is 11.9. The van der Waals surface area contributed by atoms with Crippen molar-refractivity contribution in [3.8, 4) is 5.75 Å². The van der Waals surface area contributed by atoms with Gasteiger partial charge in [-0.3, -0.25) is 4.79 Å². The fourth-order valence-corrected chi connectivity index (χ4v) is 4.63. The van der Waals surface area contributed by atoms with E-state index in [-0.39, 0.29) is 12.8 Å². The smallest absolute Gasteiger partial charge is 0.308 e. The van der Waals surface area contributed by atoms with Gasteiger partial charge in [0.2, 0.25) is 6.79 Å². The second kappa shape index (κ2) is 18.0. The normalized spacial score (nSPS) is 11.4. The lowest BCUT2D eigenvalue weighted by molar-refractivity contribution is -0.903. The number of aryl methyl sites for hydroxylation is 1. The first-order chi connectivity index (χ1) is 17.5. The van der Waals surface area contributed by atoms with Crippen molar-refractivity contribution in [1.82, 2.24) is 0 Å². The molecule has 0 aliphatic heterocycles. The molecule has 0 saturated carbocycles. The van der Waals surface area contributed by atoms with Gasteiger partial charge in [0.15, 0.2) is 0 Å². The van der Waals surface area contributed by atoms with Crippen LogP contribution in [-0.4, -0.2) is 37.9 Å². The van der Waals surface area contributed by atoms with Crippen LogP contribution in [0.2, 0.25) is 0 Å². The van der Waals surface area contributed by atoms with Gasteiger partial charge in [-0.15, -0.1) is 0 Å². The van der Waals surface area contributed by atoms with Crippen LogP contribution in [0.25, 0.3) is 0 Å². The van der Waals surface area contributed by atoms with Crippen LogP contribution in [0.4, 0.5) is 0 Å². The summed E-state index contributed by atoms with van der Waals surface area (Å²) in [5.41, 5.74) is 2.63. The van der Waals surface area contributed by atoms with Crippen LogP contribution < -0.4 is 4.74 Å². The summed E-state index contributed by atoms with van der Waals surface area (Å²) in [7, 11) is 4.48. The van der Waals surface area contributed by atoms with Crippen molar-refractivity contribution in [2.45, 2.75) is 96.9 Å². The van der Waals surface area contributed by atoms with Gasteiger partial charge in [0.1, 0.15) is 12.3 Å². The quantitative estimate of drug-likeness (QED) is 0.0804. The Hall–Kier alpha value is -2.33. The second-order valence-electron chi connectivity index (χ2n) is 10.8. The van der Waals surface area contributed by atoms with Crippen molar-refractivity contribution in [1.29, 1.82) is 0 Å². The SMILES string of the molecule is CCCCCCCCCCCc1cccc(OCOC(=O)CCCC[N+](C)(C)Cc2ccccc2)c1. The minimum atomic E-state index is -0.186. The average molecular weight is 497 g/mol. The minimum absolute atomic E-state index is 0.0180. The summed E-state index contributed by atoms with van der Waals surface area (Å²) in [6.07, 6.45) is 15.4. The monoisotopic (exact) mass is 496 g/mol. The van der Waals surface area contributed by atoms with Gasteiger partial charge in [-0.1, -0.05) is 101 Å². The number of esters is 1. The Kier molecular flexibility index (Phi) is 14.9. The van der Waals surface area contributed by atoms with E-state index in [4.69, 9.17) is 9.47 Å². The Labute approximate surface area is 220 Å². The number of unbranched alkanes of at least 4 members (excludes halogenated alkanes) is 9. The molecular weight excluding hydrogens is 446 g/mol. The molecule has 0 heterocycles. The predicted molar refractivity (Wildman–Crippen MR) is 150 cm³/mol. The molecule has 2 aromatic carbocycles.